The highest BCUT2D eigenvalue weighted by Gasteiger charge is 2.50. The van der Waals surface area contributed by atoms with Crippen molar-refractivity contribution in [3.05, 3.63) is 28.8 Å². The zero-order valence-electron chi connectivity index (χ0n) is 37.5. The van der Waals surface area contributed by atoms with Gasteiger partial charge >= 0.3 is 0 Å². The van der Waals surface area contributed by atoms with Gasteiger partial charge < -0.3 is 88.6 Å². The Bertz CT molecular complexity index is 2000. The van der Waals surface area contributed by atoms with Crippen LogP contribution >= 0.6 is 0 Å². The van der Waals surface area contributed by atoms with Crippen LogP contribution in [0.3, 0.4) is 0 Å². The summed E-state index contributed by atoms with van der Waals surface area (Å²) in [5.74, 6) is -3.63. The van der Waals surface area contributed by atoms with E-state index in [0.29, 0.717) is 12.8 Å². The third-order valence-electron chi connectivity index (χ3n) is 13.5. The molecule has 2 aromatic carbocycles. The number of aliphatic hydroxyl groups excluding tert-OH is 7. The van der Waals surface area contributed by atoms with Gasteiger partial charge in [-0.05, 0) is 77.5 Å². The first-order chi connectivity index (χ1) is 30.7. The molecular weight excluding hydrogens is 860 g/mol. The highest BCUT2D eigenvalue weighted by Crippen LogP contribution is 2.47. The van der Waals surface area contributed by atoms with E-state index in [4.69, 9.17) is 42.6 Å². The van der Waals surface area contributed by atoms with Crippen molar-refractivity contribution in [2.24, 2.45) is 5.92 Å². The molecule has 0 saturated carbocycles. The van der Waals surface area contributed by atoms with Crippen LogP contribution in [0.5, 0.6) is 17.2 Å². The van der Waals surface area contributed by atoms with Crippen molar-refractivity contribution in [1.82, 2.24) is 0 Å². The van der Waals surface area contributed by atoms with Crippen molar-refractivity contribution in [3.63, 3.8) is 0 Å². The summed E-state index contributed by atoms with van der Waals surface area (Å²) in [5.41, 5.74) is 0.292. The number of phenols is 2. The van der Waals surface area contributed by atoms with Gasteiger partial charge in [-0.2, -0.15) is 0 Å². The Labute approximate surface area is 375 Å². The van der Waals surface area contributed by atoms with Gasteiger partial charge in [0.05, 0.1) is 65.9 Å². The molecule has 364 valence electrons. The molecule has 4 heterocycles. The summed E-state index contributed by atoms with van der Waals surface area (Å²) < 4.78 is 54.0. The van der Waals surface area contributed by atoms with Crippen molar-refractivity contribution in [3.8, 4) is 17.2 Å². The molecule has 1 aliphatic carbocycles. The van der Waals surface area contributed by atoms with E-state index in [1.165, 1.54) is 14.0 Å². The average molecular weight is 925 g/mol. The van der Waals surface area contributed by atoms with Gasteiger partial charge in [0.15, 0.2) is 36.7 Å². The van der Waals surface area contributed by atoms with Gasteiger partial charge in [0.2, 0.25) is 0 Å². The number of aliphatic hydroxyl groups is 7. The lowest BCUT2D eigenvalue weighted by Gasteiger charge is -2.45. The number of hydrogen-bond acceptors (Lipinski definition) is 20. The first kappa shape index (κ1) is 49.7. The molecule has 0 spiro atoms. The summed E-state index contributed by atoms with van der Waals surface area (Å²) in [6, 6.07) is 3.15. The van der Waals surface area contributed by atoms with E-state index < -0.39 is 140 Å². The van der Waals surface area contributed by atoms with E-state index in [2.05, 4.69) is 0 Å². The Morgan fingerprint density at radius 2 is 1.28 bits per heavy atom. The highest BCUT2D eigenvalue weighted by molar-refractivity contribution is 6.11. The Balaban J connectivity index is 1.16. The van der Waals surface area contributed by atoms with Crippen molar-refractivity contribution >= 4 is 22.3 Å². The second-order valence-corrected chi connectivity index (χ2v) is 18.2. The first-order valence-electron chi connectivity index (χ1n) is 22.3. The van der Waals surface area contributed by atoms with Crippen LogP contribution in [0.1, 0.15) is 88.2 Å². The molecule has 4 fully saturated rings. The normalized spacial score (nSPS) is 39.4. The lowest BCUT2D eigenvalue weighted by molar-refractivity contribution is -0.329. The zero-order chi connectivity index (χ0) is 47.3. The fourth-order valence-corrected chi connectivity index (χ4v) is 9.55. The molecule has 2 unspecified atom stereocenters. The van der Waals surface area contributed by atoms with Crippen LogP contribution < -0.4 is 4.74 Å². The SMILES string of the molecule is CO[C@H](C(=O)[C@@H](O)[C@@H](C)O)[C@@H]1Cc2cc3cc(O[C@H]4CC[C@H](O)[C@@H](C)O4)c(C)c(O)c3c(O)c2C(=O)[C@H]1O[C@H]1CC(O[C@H]2C[C@@H](O[C@H]3C[C@H](O)[C@H](O)[C@@H](C)O3)C(O)[C@@H](C)O2)[C@H](O)[C@@H](C)O1. The van der Waals surface area contributed by atoms with Crippen molar-refractivity contribution in [2.45, 2.75) is 197 Å². The number of carbonyl (C=O) groups excluding carboxylic acids is 2. The minimum absolute atomic E-state index is 0.0313. The molecule has 0 radical (unpaired) electrons. The average Bonchev–Trinajstić information content (AvgIpc) is 3.24. The minimum Gasteiger partial charge on any atom is -0.507 e. The molecule has 9 N–H and O–H groups in total. The number of Topliss-reactive ketones (excluding diaryl/α,β-unsaturated/α-hetero) is 2. The minimum atomic E-state index is -1.90. The molecule has 65 heavy (non-hydrogen) atoms. The Hall–Kier alpha value is -3.16. The van der Waals surface area contributed by atoms with Gasteiger partial charge in [0, 0.05) is 44.3 Å². The van der Waals surface area contributed by atoms with Gasteiger partial charge in [0.1, 0.15) is 53.9 Å². The number of fused-ring (bicyclic) bond motifs is 2. The summed E-state index contributed by atoms with van der Waals surface area (Å²) >= 11 is 0. The third kappa shape index (κ3) is 10.2. The topological polar surface area (TPSA) is 299 Å². The van der Waals surface area contributed by atoms with Crippen molar-refractivity contribution in [2.75, 3.05) is 7.11 Å². The second-order valence-electron chi connectivity index (χ2n) is 18.2. The highest BCUT2D eigenvalue weighted by atomic mass is 16.7. The van der Waals surface area contributed by atoms with E-state index in [1.54, 1.807) is 46.8 Å². The molecule has 5 aliphatic rings. The Kier molecular flexibility index (Phi) is 15.5. The van der Waals surface area contributed by atoms with Gasteiger partial charge in [-0.1, -0.05) is 0 Å². The van der Waals surface area contributed by atoms with Crippen LogP contribution in [0.2, 0.25) is 0 Å². The molecule has 20 nitrogen and oxygen atoms in total. The van der Waals surface area contributed by atoms with E-state index in [0.717, 1.165) is 0 Å². The number of carbonyl (C=O) groups is 2. The summed E-state index contributed by atoms with van der Waals surface area (Å²) in [5, 5.41) is 97.3. The number of ketones is 2. The monoisotopic (exact) mass is 924 g/mol. The maximum Gasteiger partial charge on any atom is 0.200 e. The molecule has 0 aromatic heterocycles. The van der Waals surface area contributed by atoms with Crippen LogP contribution in [0.15, 0.2) is 12.1 Å². The van der Waals surface area contributed by atoms with Gasteiger partial charge in [-0.15, -0.1) is 0 Å². The molecule has 7 rings (SSSR count). The standard InChI is InChI=1S/C45H64O20/c1-16-27(62-30-9-8-25(47)18(3)58-30)12-23-10-22-11-24(44(57-7)43(56)37(50)17(2)46)45(42(55)35(22)41(54)34(23)36(16)49)65-33-15-29(40(53)21(6)61-33)64-32-14-28(39(52)20(5)60-32)63-31-13-26(48)38(51)19(4)59-31/h10,12,17-21,24-26,28-33,37-40,44-54H,8-9,11,13-15H2,1-7H3/t17-,18-,19-,20-,21-,24+,25+,26+,28-,29?,30+,31+,32+,33+,37+,38-,39?,40-,44+,45+/m1/s1. The van der Waals surface area contributed by atoms with E-state index >= 15 is 0 Å². The smallest absolute Gasteiger partial charge is 0.200 e. The predicted octanol–water partition coefficient (Wildman–Crippen LogP) is 0.509. The molecule has 20 atom stereocenters. The first-order valence-corrected chi connectivity index (χ1v) is 22.3. The van der Waals surface area contributed by atoms with Gasteiger partial charge in [-0.25, -0.2) is 0 Å². The maximum atomic E-state index is 14.8. The largest absolute Gasteiger partial charge is 0.507 e. The van der Waals surface area contributed by atoms with E-state index in [1.807, 2.05) is 0 Å². The molecule has 0 bridgehead atoms. The van der Waals surface area contributed by atoms with Crippen LogP contribution in [0.4, 0.5) is 0 Å². The van der Waals surface area contributed by atoms with Gasteiger partial charge in [-0.3, -0.25) is 9.59 Å². The van der Waals surface area contributed by atoms with Crippen LogP contribution in [-0.4, -0.2) is 181 Å². The molecule has 4 saturated heterocycles. The Morgan fingerprint density at radius 3 is 1.83 bits per heavy atom. The summed E-state index contributed by atoms with van der Waals surface area (Å²) in [4.78, 5) is 28.6. The zero-order valence-corrected chi connectivity index (χ0v) is 37.5. The quantitative estimate of drug-likeness (QED) is 0.132. The second kappa shape index (κ2) is 20.2. The summed E-state index contributed by atoms with van der Waals surface area (Å²) in [6.07, 6.45) is -20.4. The number of benzene rings is 2. The number of rotatable bonds is 13. The third-order valence-corrected chi connectivity index (χ3v) is 13.5. The molecular formula is C45H64O20. The number of ether oxygens (including phenoxy) is 9. The fourth-order valence-electron chi connectivity index (χ4n) is 9.55. The van der Waals surface area contributed by atoms with Crippen LogP contribution in [0, 0.1) is 12.8 Å². The lowest BCUT2D eigenvalue weighted by atomic mass is 9.75. The number of hydrogen-bond donors (Lipinski definition) is 9. The van der Waals surface area contributed by atoms with Crippen molar-refractivity contribution in [1.29, 1.82) is 0 Å². The lowest BCUT2D eigenvalue weighted by Crippen LogP contribution is -2.57. The van der Waals surface area contributed by atoms with E-state index in [-0.39, 0.29) is 64.6 Å². The Morgan fingerprint density at radius 1 is 0.723 bits per heavy atom. The molecule has 4 aliphatic heterocycles. The maximum absolute atomic E-state index is 14.8. The summed E-state index contributed by atoms with van der Waals surface area (Å²) in [7, 11) is 1.20. The summed E-state index contributed by atoms with van der Waals surface area (Å²) in [6.45, 7) is 9.26. The number of methoxy groups -OCH3 is 1. The predicted molar refractivity (Wildman–Crippen MR) is 223 cm³/mol. The fraction of sp³-hybridized carbons (Fsp3) is 0.733. The van der Waals surface area contributed by atoms with Crippen LogP contribution in [-0.2, 0) is 49.1 Å². The molecule has 20 heteroatoms. The van der Waals surface area contributed by atoms with Gasteiger partial charge in [0.25, 0.3) is 0 Å². The van der Waals surface area contributed by atoms with Crippen LogP contribution in [0.25, 0.3) is 10.8 Å². The molecule has 2 aromatic rings. The number of phenolic OH excluding ortho intramolecular Hbond substituents is 2. The van der Waals surface area contributed by atoms with Crippen molar-refractivity contribution < 1.29 is 98.2 Å². The molecule has 0 amide bonds. The number of aromatic hydroxyl groups is 2. The van der Waals surface area contributed by atoms with E-state index in [9.17, 15) is 55.5 Å².